The Morgan fingerprint density at radius 1 is 1.36 bits per heavy atom. The lowest BCUT2D eigenvalue weighted by Crippen LogP contribution is -2.37. The minimum Gasteiger partial charge on any atom is -0.394 e. The number of pyridine rings is 1. The summed E-state index contributed by atoms with van der Waals surface area (Å²) in [5.41, 5.74) is 2.83. The number of nitrogens with one attached hydrogen (secondary N) is 2. The molecular weight excluding hydrogens is 336 g/mol. The van der Waals surface area contributed by atoms with Crippen molar-refractivity contribution < 1.29 is 9.90 Å². The molecule has 1 amide bonds. The van der Waals surface area contributed by atoms with Crippen LogP contribution in [0.2, 0.25) is 0 Å². The zero-order valence-corrected chi connectivity index (χ0v) is 14.7. The first-order valence-electron chi connectivity index (χ1n) is 8.03. The Kier molecular flexibility index (Phi) is 5.67. The van der Waals surface area contributed by atoms with Crippen molar-refractivity contribution >= 4 is 28.7 Å². The summed E-state index contributed by atoms with van der Waals surface area (Å²) in [6.45, 7) is -0.0804. The highest BCUT2D eigenvalue weighted by molar-refractivity contribution is 7.98. The van der Waals surface area contributed by atoms with E-state index in [1.54, 1.807) is 17.8 Å². The molecule has 25 heavy (non-hydrogen) atoms. The summed E-state index contributed by atoms with van der Waals surface area (Å²) in [4.78, 5) is 16.8. The van der Waals surface area contributed by atoms with Gasteiger partial charge in [-0.25, -0.2) is 4.98 Å². The monoisotopic (exact) mass is 356 g/mol. The van der Waals surface area contributed by atoms with E-state index in [1.807, 2.05) is 36.6 Å². The number of fused-ring (bicyclic) bond motifs is 1. The van der Waals surface area contributed by atoms with Gasteiger partial charge in [0.2, 0.25) is 0 Å². The van der Waals surface area contributed by atoms with Gasteiger partial charge in [-0.3, -0.25) is 9.89 Å². The lowest BCUT2D eigenvalue weighted by molar-refractivity contribution is 0.0915. The average Bonchev–Trinajstić information content (AvgIpc) is 3.08. The van der Waals surface area contributed by atoms with Crippen LogP contribution in [0.3, 0.4) is 0 Å². The number of aromatic nitrogens is 3. The largest absolute Gasteiger partial charge is 0.394 e. The van der Waals surface area contributed by atoms with Crippen LogP contribution in [0.25, 0.3) is 22.3 Å². The van der Waals surface area contributed by atoms with E-state index in [4.69, 9.17) is 0 Å². The molecule has 0 bridgehead atoms. The molecule has 3 rings (SSSR count). The van der Waals surface area contributed by atoms with Gasteiger partial charge in [-0.15, -0.1) is 0 Å². The Bertz CT molecular complexity index is 851. The van der Waals surface area contributed by atoms with Crippen LogP contribution in [-0.4, -0.2) is 50.9 Å². The second-order valence-corrected chi connectivity index (χ2v) is 6.68. The molecule has 0 fully saturated rings. The molecule has 1 aromatic carbocycles. The van der Waals surface area contributed by atoms with Crippen LogP contribution in [0.1, 0.15) is 16.8 Å². The number of rotatable bonds is 7. The Hall–Kier alpha value is -2.38. The molecule has 2 heterocycles. The van der Waals surface area contributed by atoms with Crippen molar-refractivity contribution in [2.45, 2.75) is 12.5 Å². The minimum atomic E-state index is -0.256. The lowest BCUT2D eigenvalue weighted by atomic mass is 10.1. The summed E-state index contributed by atoms with van der Waals surface area (Å²) in [5.74, 6) is 0.637. The van der Waals surface area contributed by atoms with Gasteiger partial charge in [0, 0.05) is 17.1 Å². The molecule has 0 aliphatic rings. The second kappa shape index (κ2) is 8.13. The van der Waals surface area contributed by atoms with Gasteiger partial charge in [-0.1, -0.05) is 30.3 Å². The summed E-state index contributed by atoms with van der Waals surface area (Å²) in [7, 11) is 0. The fourth-order valence-corrected chi connectivity index (χ4v) is 3.11. The lowest BCUT2D eigenvalue weighted by Gasteiger charge is -2.15. The molecule has 0 saturated carbocycles. The van der Waals surface area contributed by atoms with E-state index in [-0.39, 0.29) is 18.6 Å². The fourth-order valence-electron chi connectivity index (χ4n) is 2.59. The van der Waals surface area contributed by atoms with Crippen molar-refractivity contribution in [1.82, 2.24) is 20.5 Å². The molecule has 0 aliphatic carbocycles. The Morgan fingerprint density at radius 2 is 2.16 bits per heavy atom. The Balaban J connectivity index is 1.86. The molecule has 0 saturated heterocycles. The number of carbonyl (C=O) groups is 1. The van der Waals surface area contributed by atoms with Crippen LogP contribution >= 0.6 is 11.8 Å². The number of aliphatic hydroxyl groups excluding tert-OH is 1. The number of H-pyrrole nitrogens is 1. The van der Waals surface area contributed by atoms with Gasteiger partial charge in [0.25, 0.3) is 5.91 Å². The van der Waals surface area contributed by atoms with Crippen molar-refractivity contribution in [2.75, 3.05) is 18.6 Å². The normalized spacial score (nSPS) is 12.2. The quantitative estimate of drug-likeness (QED) is 0.605. The smallest absolute Gasteiger partial charge is 0.253 e. The number of hydrogen-bond donors (Lipinski definition) is 3. The van der Waals surface area contributed by atoms with Crippen molar-refractivity contribution in [3.8, 4) is 11.3 Å². The maximum Gasteiger partial charge on any atom is 0.253 e. The average molecular weight is 356 g/mol. The van der Waals surface area contributed by atoms with E-state index in [2.05, 4.69) is 20.5 Å². The highest BCUT2D eigenvalue weighted by Crippen LogP contribution is 2.25. The highest BCUT2D eigenvalue weighted by atomic mass is 32.2. The summed E-state index contributed by atoms with van der Waals surface area (Å²) in [6, 6.07) is 11.3. The van der Waals surface area contributed by atoms with Gasteiger partial charge in [-0.05, 0) is 24.5 Å². The number of amides is 1. The van der Waals surface area contributed by atoms with Crippen LogP contribution in [-0.2, 0) is 0 Å². The Labute approximate surface area is 150 Å². The van der Waals surface area contributed by atoms with Gasteiger partial charge in [-0.2, -0.15) is 16.9 Å². The topological polar surface area (TPSA) is 90.9 Å². The van der Waals surface area contributed by atoms with Gasteiger partial charge in [0.05, 0.1) is 23.9 Å². The van der Waals surface area contributed by atoms with E-state index < -0.39 is 0 Å². The van der Waals surface area contributed by atoms with Gasteiger partial charge in [0.1, 0.15) is 0 Å². The molecule has 3 aromatic rings. The predicted molar refractivity (Wildman–Crippen MR) is 101 cm³/mol. The molecule has 0 aliphatic heterocycles. The second-order valence-electron chi connectivity index (χ2n) is 5.69. The van der Waals surface area contributed by atoms with Crippen LogP contribution in [0.5, 0.6) is 0 Å². The summed E-state index contributed by atoms with van der Waals surface area (Å²) in [6.07, 6.45) is 4.23. The summed E-state index contributed by atoms with van der Waals surface area (Å²) < 4.78 is 0. The SMILES string of the molecule is CSCCC(CO)NC(=O)c1cnc2n[nH]c(-c3ccccc3)c2c1. The zero-order chi connectivity index (χ0) is 17.6. The van der Waals surface area contributed by atoms with Gasteiger partial charge < -0.3 is 10.4 Å². The van der Waals surface area contributed by atoms with E-state index in [1.165, 1.54) is 6.20 Å². The number of nitrogens with zero attached hydrogens (tertiary/aromatic N) is 2. The number of carbonyl (C=O) groups excluding carboxylic acids is 1. The first kappa shape index (κ1) is 17.4. The molecule has 0 radical (unpaired) electrons. The zero-order valence-electron chi connectivity index (χ0n) is 13.9. The molecule has 1 unspecified atom stereocenters. The maximum atomic E-state index is 12.5. The third-order valence-corrected chi connectivity index (χ3v) is 4.60. The number of thioether (sulfide) groups is 1. The van der Waals surface area contributed by atoms with Crippen LogP contribution in [0, 0.1) is 0 Å². The fraction of sp³-hybridized carbons (Fsp3) is 0.278. The standard InChI is InChI=1S/C18H20N4O2S/c1-25-8-7-14(11-23)20-18(24)13-9-15-16(12-5-3-2-4-6-12)21-22-17(15)19-10-13/h2-6,9-10,14,23H,7-8,11H2,1H3,(H,20,24)(H,19,21,22). The van der Waals surface area contributed by atoms with Crippen LogP contribution in [0.4, 0.5) is 0 Å². The van der Waals surface area contributed by atoms with E-state index >= 15 is 0 Å². The molecule has 130 valence electrons. The molecule has 2 aromatic heterocycles. The third kappa shape index (κ3) is 4.00. The molecular formula is C18H20N4O2S. The van der Waals surface area contributed by atoms with Gasteiger partial charge in [0.15, 0.2) is 5.65 Å². The highest BCUT2D eigenvalue weighted by Gasteiger charge is 2.16. The maximum absolute atomic E-state index is 12.5. The summed E-state index contributed by atoms with van der Waals surface area (Å²) in [5, 5.41) is 20.3. The van der Waals surface area contributed by atoms with E-state index in [9.17, 15) is 9.90 Å². The van der Waals surface area contributed by atoms with E-state index in [0.29, 0.717) is 11.2 Å². The minimum absolute atomic E-state index is 0.0804. The van der Waals surface area contributed by atoms with Gasteiger partial charge >= 0.3 is 0 Å². The Morgan fingerprint density at radius 3 is 2.88 bits per heavy atom. The van der Waals surface area contributed by atoms with Crippen LogP contribution < -0.4 is 5.32 Å². The van der Waals surface area contributed by atoms with Crippen molar-refractivity contribution in [3.63, 3.8) is 0 Å². The van der Waals surface area contributed by atoms with Crippen molar-refractivity contribution in [1.29, 1.82) is 0 Å². The number of aromatic amines is 1. The molecule has 7 heteroatoms. The number of hydrogen-bond acceptors (Lipinski definition) is 5. The first-order chi connectivity index (χ1) is 12.2. The predicted octanol–water partition coefficient (Wildman–Crippen LogP) is 2.47. The molecule has 6 nitrogen and oxygen atoms in total. The first-order valence-corrected chi connectivity index (χ1v) is 9.42. The number of benzene rings is 1. The molecule has 3 N–H and O–H groups in total. The third-order valence-electron chi connectivity index (χ3n) is 3.96. The van der Waals surface area contributed by atoms with E-state index in [0.717, 1.165) is 28.8 Å². The molecule has 0 spiro atoms. The van der Waals surface area contributed by atoms with Crippen molar-refractivity contribution in [2.24, 2.45) is 0 Å². The van der Waals surface area contributed by atoms with Crippen LogP contribution in [0.15, 0.2) is 42.6 Å². The summed E-state index contributed by atoms with van der Waals surface area (Å²) >= 11 is 1.68. The van der Waals surface area contributed by atoms with Crippen molar-refractivity contribution in [3.05, 3.63) is 48.2 Å². The molecule has 1 atom stereocenters. The number of aliphatic hydroxyl groups is 1.